The summed E-state index contributed by atoms with van der Waals surface area (Å²) >= 11 is 0. The van der Waals surface area contributed by atoms with E-state index in [4.69, 9.17) is 9.47 Å². The zero-order valence-electron chi connectivity index (χ0n) is 17.2. The van der Waals surface area contributed by atoms with E-state index in [1.165, 1.54) is 7.11 Å². The number of para-hydroxylation sites is 1. The Bertz CT molecular complexity index is 878. The van der Waals surface area contributed by atoms with Gasteiger partial charge in [-0.2, -0.15) is 0 Å². The minimum atomic E-state index is -0.359. The normalized spacial score (nSPS) is 10.1. The largest absolute Gasteiger partial charge is 0.494 e. The van der Waals surface area contributed by atoms with E-state index >= 15 is 0 Å². The number of esters is 1. The summed E-state index contributed by atoms with van der Waals surface area (Å²) in [5.41, 5.74) is 3.59. The van der Waals surface area contributed by atoms with Gasteiger partial charge in [0.25, 0.3) is 5.91 Å². The molecule has 0 bridgehead atoms. The summed E-state index contributed by atoms with van der Waals surface area (Å²) in [5.74, 6) is 0.0674. The number of nitrogens with one attached hydrogen (secondary N) is 2. The number of benzene rings is 2. The first kappa shape index (κ1) is 21.8. The smallest absolute Gasteiger partial charge is 0.337 e. The van der Waals surface area contributed by atoms with Gasteiger partial charge in [-0.25, -0.2) is 4.79 Å². The number of nitrogens with zero attached hydrogens (tertiary/aromatic N) is 1. The standard InChI is InChI=1S/C22H27N3O4/c1-15(23-2)21(26)24-13-18-7-6-8-19(20(18)28-4)25(3)14-16-9-11-17(12-10-16)22(27)29-5/h6-12,23H,1,13-14H2,2-5H3,(H,24,26). The lowest BCUT2D eigenvalue weighted by molar-refractivity contribution is -0.117. The molecule has 154 valence electrons. The molecule has 0 saturated carbocycles. The Hall–Kier alpha value is -3.48. The first-order valence-corrected chi connectivity index (χ1v) is 9.10. The van der Waals surface area contributed by atoms with Crippen molar-refractivity contribution in [2.24, 2.45) is 0 Å². The molecule has 0 aliphatic heterocycles. The summed E-state index contributed by atoms with van der Waals surface area (Å²) in [6.45, 7) is 4.58. The van der Waals surface area contributed by atoms with Crippen molar-refractivity contribution in [2.75, 3.05) is 33.2 Å². The summed E-state index contributed by atoms with van der Waals surface area (Å²) in [7, 11) is 6.57. The molecule has 7 heteroatoms. The van der Waals surface area contributed by atoms with Crippen LogP contribution in [0.1, 0.15) is 21.5 Å². The van der Waals surface area contributed by atoms with Crippen LogP contribution >= 0.6 is 0 Å². The summed E-state index contributed by atoms with van der Waals surface area (Å²) in [6, 6.07) is 13.1. The fourth-order valence-electron chi connectivity index (χ4n) is 2.87. The van der Waals surface area contributed by atoms with Gasteiger partial charge in [0.05, 0.1) is 31.2 Å². The van der Waals surface area contributed by atoms with Crippen molar-refractivity contribution >= 4 is 17.6 Å². The minimum Gasteiger partial charge on any atom is -0.494 e. The van der Waals surface area contributed by atoms with Crippen molar-refractivity contribution in [3.63, 3.8) is 0 Å². The van der Waals surface area contributed by atoms with Crippen LogP contribution in [0, 0.1) is 0 Å². The number of rotatable bonds is 9. The lowest BCUT2D eigenvalue weighted by atomic mass is 10.1. The maximum Gasteiger partial charge on any atom is 0.337 e. The van der Waals surface area contributed by atoms with Crippen molar-refractivity contribution in [3.8, 4) is 5.75 Å². The summed E-state index contributed by atoms with van der Waals surface area (Å²) in [6.07, 6.45) is 0. The van der Waals surface area contributed by atoms with Crippen LogP contribution in [0.3, 0.4) is 0 Å². The minimum absolute atomic E-state index is 0.265. The zero-order chi connectivity index (χ0) is 21.4. The molecule has 2 rings (SSSR count). The molecule has 0 saturated heterocycles. The second kappa shape index (κ2) is 10.2. The molecule has 0 unspecified atom stereocenters. The van der Waals surface area contributed by atoms with Crippen LogP contribution in [0.2, 0.25) is 0 Å². The number of methoxy groups -OCH3 is 2. The number of anilines is 1. The molecule has 0 aliphatic carbocycles. The molecule has 0 fully saturated rings. The number of ether oxygens (including phenoxy) is 2. The fraction of sp³-hybridized carbons (Fsp3) is 0.273. The van der Waals surface area contributed by atoms with Crippen LogP contribution in [0.4, 0.5) is 5.69 Å². The Morgan fingerprint density at radius 3 is 2.38 bits per heavy atom. The lowest BCUT2D eigenvalue weighted by Gasteiger charge is -2.24. The summed E-state index contributed by atoms with van der Waals surface area (Å²) in [4.78, 5) is 25.6. The molecule has 7 nitrogen and oxygen atoms in total. The van der Waals surface area contributed by atoms with Crippen molar-refractivity contribution in [1.29, 1.82) is 0 Å². The lowest BCUT2D eigenvalue weighted by Crippen LogP contribution is -2.29. The number of carbonyl (C=O) groups excluding carboxylic acids is 2. The van der Waals surface area contributed by atoms with Crippen molar-refractivity contribution in [3.05, 3.63) is 71.4 Å². The van der Waals surface area contributed by atoms with E-state index in [-0.39, 0.29) is 11.9 Å². The predicted octanol–water partition coefficient (Wildman–Crippen LogP) is 2.47. The average Bonchev–Trinajstić information content (AvgIpc) is 2.76. The van der Waals surface area contributed by atoms with Gasteiger partial charge in [-0.15, -0.1) is 0 Å². The van der Waals surface area contributed by atoms with Crippen LogP contribution in [-0.4, -0.2) is 40.2 Å². The molecular weight excluding hydrogens is 370 g/mol. The van der Waals surface area contributed by atoms with Crippen molar-refractivity contribution in [2.45, 2.75) is 13.1 Å². The van der Waals surface area contributed by atoms with E-state index in [2.05, 4.69) is 17.2 Å². The number of likely N-dealkylation sites (N-methyl/N-ethyl adjacent to an activating group) is 1. The van der Waals surface area contributed by atoms with Gasteiger partial charge < -0.3 is 25.0 Å². The van der Waals surface area contributed by atoms with Crippen LogP contribution in [-0.2, 0) is 22.6 Å². The highest BCUT2D eigenvalue weighted by molar-refractivity contribution is 5.92. The summed E-state index contributed by atoms with van der Waals surface area (Å²) < 4.78 is 10.4. The molecule has 1 amide bonds. The molecule has 29 heavy (non-hydrogen) atoms. The molecule has 0 spiro atoms. The van der Waals surface area contributed by atoms with Gasteiger partial charge in [-0.3, -0.25) is 4.79 Å². The monoisotopic (exact) mass is 397 g/mol. The van der Waals surface area contributed by atoms with Gasteiger partial charge in [0.1, 0.15) is 5.75 Å². The molecule has 2 N–H and O–H groups in total. The first-order valence-electron chi connectivity index (χ1n) is 9.10. The van der Waals surface area contributed by atoms with Crippen LogP contribution in [0.5, 0.6) is 5.75 Å². The van der Waals surface area contributed by atoms with E-state index in [9.17, 15) is 9.59 Å². The topological polar surface area (TPSA) is 79.9 Å². The Morgan fingerprint density at radius 1 is 1.10 bits per heavy atom. The van der Waals surface area contributed by atoms with Gasteiger partial charge in [0, 0.05) is 32.7 Å². The molecular formula is C22H27N3O4. The number of hydrogen-bond acceptors (Lipinski definition) is 6. The van der Waals surface area contributed by atoms with Crippen LogP contribution < -0.4 is 20.3 Å². The number of amides is 1. The third-order valence-electron chi connectivity index (χ3n) is 4.50. The maximum absolute atomic E-state index is 11.9. The van der Waals surface area contributed by atoms with Gasteiger partial charge in [0.15, 0.2) is 0 Å². The van der Waals surface area contributed by atoms with Crippen LogP contribution in [0.25, 0.3) is 0 Å². The van der Waals surface area contributed by atoms with E-state index in [1.807, 2.05) is 42.3 Å². The summed E-state index contributed by atoms with van der Waals surface area (Å²) in [5, 5.41) is 5.55. The highest BCUT2D eigenvalue weighted by Gasteiger charge is 2.15. The van der Waals surface area contributed by atoms with Crippen LogP contribution in [0.15, 0.2) is 54.7 Å². The fourth-order valence-corrected chi connectivity index (χ4v) is 2.87. The molecule has 2 aromatic carbocycles. The van der Waals surface area contributed by atoms with Crippen molar-refractivity contribution in [1.82, 2.24) is 10.6 Å². The van der Waals surface area contributed by atoms with Crippen molar-refractivity contribution < 1.29 is 19.1 Å². The molecule has 0 aromatic heterocycles. The Balaban J connectivity index is 2.15. The molecule has 2 aromatic rings. The van der Waals surface area contributed by atoms with Gasteiger partial charge in [-0.05, 0) is 23.8 Å². The SMILES string of the molecule is C=C(NC)C(=O)NCc1cccc(N(C)Cc2ccc(C(=O)OC)cc2)c1OC. The van der Waals surface area contributed by atoms with Gasteiger partial charge in [0.2, 0.25) is 0 Å². The molecule has 0 aliphatic rings. The third-order valence-corrected chi connectivity index (χ3v) is 4.50. The number of carbonyl (C=O) groups is 2. The predicted molar refractivity (Wildman–Crippen MR) is 113 cm³/mol. The zero-order valence-corrected chi connectivity index (χ0v) is 17.2. The van der Waals surface area contributed by atoms with E-state index in [0.717, 1.165) is 16.8 Å². The maximum atomic E-state index is 11.9. The van der Waals surface area contributed by atoms with Gasteiger partial charge >= 0.3 is 5.97 Å². The third kappa shape index (κ3) is 5.51. The Kier molecular flexibility index (Phi) is 7.65. The van der Waals surface area contributed by atoms with E-state index < -0.39 is 0 Å². The first-order chi connectivity index (χ1) is 13.9. The quantitative estimate of drug-likeness (QED) is 0.500. The van der Waals surface area contributed by atoms with E-state index in [0.29, 0.717) is 30.1 Å². The Morgan fingerprint density at radius 2 is 1.79 bits per heavy atom. The van der Waals surface area contributed by atoms with E-state index in [1.54, 1.807) is 26.3 Å². The number of hydrogen-bond donors (Lipinski definition) is 2. The van der Waals surface area contributed by atoms with Gasteiger partial charge in [-0.1, -0.05) is 30.8 Å². The second-order valence-electron chi connectivity index (χ2n) is 6.43. The highest BCUT2D eigenvalue weighted by atomic mass is 16.5. The molecule has 0 heterocycles. The Labute approximate surface area is 171 Å². The molecule has 0 radical (unpaired) electrons. The average molecular weight is 397 g/mol. The molecule has 0 atom stereocenters. The highest BCUT2D eigenvalue weighted by Crippen LogP contribution is 2.32. The second-order valence-corrected chi connectivity index (χ2v) is 6.43.